The first-order valence-electron chi connectivity index (χ1n) is 8.74. The molecule has 0 spiro atoms. The third kappa shape index (κ3) is 2.76. The molecule has 0 radical (unpaired) electrons. The lowest BCUT2D eigenvalue weighted by Crippen LogP contribution is -2.48. The van der Waals surface area contributed by atoms with Crippen LogP contribution in [0, 0.1) is 0 Å². The van der Waals surface area contributed by atoms with E-state index in [0.717, 1.165) is 11.4 Å². The average Bonchev–Trinajstić information content (AvgIpc) is 3.16. The third-order valence-electron chi connectivity index (χ3n) is 4.95. The Labute approximate surface area is 157 Å². The van der Waals surface area contributed by atoms with E-state index in [1.165, 1.54) is 0 Å². The number of amides is 2. The number of rotatable bonds is 5. The second-order valence-corrected chi connectivity index (χ2v) is 8.15. The van der Waals surface area contributed by atoms with Crippen molar-refractivity contribution < 1.29 is 19.1 Å². The maximum atomic E-state index is 13.1. The SMILES string of the molecule is CSCC[C@H]1C(=O)N(Nc2ccccc2)[C@H]2[C@H]3OC(C)(C)O[C@H]3C(=O)N21. The lowest BCUT2D eigenvalue weighted by molar-refractivity contribution is -0.176. The van der Waals surface area contributed by atoms with E-state index in [1.807, 2.05) is 36.6 Å². The molecule has 3 heterocycles. The standard InChI is InChI=1S/C18H23N3O4S/c1-18(2)24-13-14(25-18)17(23)20-12(9-10-26-3)16(22)21(15(13)20)19-11-7-5-4-6-8-11/h4-8,12-15,19H,9-10H2,1-3H3/t12-,13-,14+,15-/m0/s1. The fourth-order valence-corrected chi connectivity index (χ4v) is 4.38. The molecule has 0 saturated carbocycles. The molecule has 26 heavy (non-hydrogen) atoms. The summed E-state index contributed by atoms with van der Waals surface area (Å²) >= 11 is 1.66. The summed E-state index contributed by atoms with van der Waals surface area (Å²) in [5, 5.41) is 1.55. The van der Waals surface area contributed by atoms with Crippen LogP contribution < -0.4 is 5.43 Å². The Morgan fingerprint density at radius 1 is 1.15 bits per heavy atom. The normalized spacial score (nSPS) is 32.1. The maximum absolute atomic E-state index is 13.1. The Kier molecular flexibility index (Phi) is 4.37. The molecule has 3 aliphatic heterocycles. The second kappa shape index (κ2) is 6.44. The van der Waals surface area contributed by atoms with Crippen LogP contribution in [0.5, 0.6) is 0 Å². The van der Waals surface area contributed by atoms with Gasteiger partial charge in [0.2, 0.25) is 0 Å². The van der Waals surface area contributed by atoms with Gasteiger partial charge < -0.3 is 14.4 Å². The smallest absolute Gasteiger partial charge is 0.265 e. The summed E-state index contributed by atoms with van der Waals surface area (Å²) in [6.07, 6.45) is 0.926. The molecule has 3 saturated heterocycles. The molecule has 3 fully saturated rings. The molecule has 3 aliphatic rings. The van der Waals surface area contributed by atoms with E-state index in [0.29, 0.717) is 6.42 Å². The van der Waals surface area contributed by atoms with Gasteiger partial charge in [0.05, 0.1) is 5.69 Å². The highest BCUT2D eigenvalue weighted by atomic mass is 32.2. The van der Waals surface area contributed by atoms with Gasteiger partial charge in [0.25, 0.3) is 11.8 Å². The molecule has 1 N–H and O–H groups in total. The van der Waals surface area contributed by atoms with Crippen LogP contribution in [0.4, 0.5) is 5.69 Å². The summed E-state index contributed by atoms with van der Waals surface area (Å²) in [4.78, 5) is 27.7. The molecule has 1 aromatic rings. The van der Waals surface area contributed by atoms with Crippen molar-refractivity contribution in [2.45, 2.75) is 50.5 Å². The van der Waals surface area contributed by atoms with Gasteiger partial charge in [-0.1, -0.05) is 18.2 Å². The van der Waals surface area contributed by atoms with Gasteiger partial charge in [-0.15, -0.1) is 0 Å². The lowest BCUT2D eigenvalue weighted by atomic mass is 10.2. The van der Waals surface area contributed by atoms with Crippen molar-refractivity contribution in [1.29, 1.82) is 0 Å². The van der Waals surface area contributed by atoms with E-state index >= 15 is 0 Å². The number of nitrogens with one attached hydrogen (secondary N) is 1. The Morgan fingerprint density at radius 3 is 2.58 bits per heavy atom. The Balaban J connectivity index is 1.66. The number of fused-ring (bicyclic) bond motifs is 3. The van der Waals surface area contributed by atoms with Gasteiger partial charge in [0.1, 0.15) is 12.1 Å². The van der Waals surface area contributed by atoms with Gasteiger partial charge in [0, 0.05) is 0 Å². The molecule has 8 heteroatoms. The molecule has 0 aromatic heterocycles. The molecule has 0 bridgehead atoms. The van der Waals surface area contributed by atoms with Gasteiger partial charge in [-0.3, -0.25) is 15.0 Å². The lowest BCUT2D eigenvalue weighted by Gasteiger charge is -2.30. The minimum atomic E-state index is -0.837. The number of carbonyl (C=O) groups excluding carboxylic acids is 2. The zero-order chi connectivity index (χ0) is 18.5. The van der Waals surface area contributed by atoms with Crippen molar-refractivity contribution in [1.82, 2.24) is 9.91 Å². The molecule has 2 amide bonds. The number of para-hydroxylation sites is 1. The number of carbonyl (C=O) groups is 2. The van der Waals surface area contributed by atoms with Crippen molar-refractivity contribution in [3.63, 3.8) is 0 Å². The fourth-order valence-electron chi connectivity index (χ4n) is 3.92. The summed E-state index contributed by atoms with van der Waals surface area (Å²) in [5.74, 6) is -0.305. The van der Waals surface area contributed by atoms with Crippen LogP contribution in [0.25, 0.3) is 0 Å². The topological polar surface area (TPSA) is 71.1 Å². The Morgan fingerprint density at radius 2 is 1.88 bits per heavy atom. The predicted molar refractivity (Wildman–Crippen MR) is 98.2 cm³/mol. The van der Waals surface area contributed by atoms with Gasteiger partial charge in [0.15, 0.2) is 18.1 Å². The largest absolute Gasteiger partial charge is 0.340 e. The van der Waals surface area contributed by atoms with E-state index in [-0.39, 0.29) is 11.8 Å². The molecule has 7 nitrogen and oxygen atoms in total. The highest BCUT2D eigenvalue weighted by molar-refractivity contribution is 7.98. The molecule has 0 unspecified atom stereocenters. The first kappa shape index (κ1) is 17.6. The van der Waals surface area contributed by atoms with E-state index in [9.17, 15) is 9.59 Å². The number of thioether (sulfide) groups is 1. The summed E-state index contributed by atoms with van der Waals surface area (Å²) in [5.41, 5.74) is 3.97. The van der Waals surface area contributed by atoms with Crippen LogP contribution in [0.1, 0.15) is 20.3 Å². The van der Waals surface area contributed by atoms with Crippen LogP contribution in [0.3, 0.4) is 0 Å². The zero-order valence-electron chi connectivity index (χ0n) is 15.0. The van der Waals surface area contributed by atoms with Gasteiger partial charge in [-0.2, -0.15) is 11.8 Å². The number of anilines is 1. The number of hydrazine groups is 1. The summed E-state index contributed by atoms with van der Waals surface area (Å²) < 4.78 is 11.8. The second-order valence-electron chi connectivity index (χ2n) is 7.16. The first-order valence-corrected chi connectivity index (χ1v) is 10.1. The molecule has 1 aromatic carbocycles. The molecular weight excluding hydrogens is 354 g/mol. The number of benzene rings is 1. The summed E-state index contributed by atoms with van der Waals surface area (Å²) in [6.45, 7) is 3.58. The third-order valence-corrected chi connectivity index (χ3v) is 5.59. The number of ether oxygens (including phenoxy) is 2. The molecule has 4 rings (SSSR count). The first-order chi connectivity index (χ1) is 12.4. The van der Waals surface area contributed by atoms with Crippen molar-refractivity contribution in [2.24, 2.45) is 0 Å². The van der Waals surface area contributed by atoms with Crippen LogP contribution in [0.2, 0.25) is 0 Å². The van der Waals surface area contributed by atoms with Crippen LogP contribution in [-0.2, 0) is 19.1 Å². The minimum absolute atomic E-state index is 0.104. The molecule has 0 aliphatic carbocycles. The average molecular weight is 377 g/mol. The van der Waals surface area contributed by atoms with Gasteiger partial charge in [-0.05, 0) is 44.4 Å². The fraction of sp³-hybridized carbons (Fsp3) is 0.556. The van der Waals surface area contributed by atoms with Crippen molar-refractivity contribution in [3.8, 4) is 0 Å². The number of hydrogen-bond acceptors (Lipinski definition) is 6. The Bertz CT molecular complexity index is 714. The minimum Gasteiger partial charge on any atom is -0.340 e. The highest BCUT2D eigenvalue weighted by Crippen LogP contribution is 2.43. The maximum Gasteiger partial charge on any atom is 0.265 e. The van der Waals surface area contributed by atoms with Crippen LogP contribution in [-0.4, -0.2) is 63.9 Å². The van der Waals surface area contributed by atoms with Crippen LogP contribution in [0.15, 0.2) is 30.3 Å². The monoisotopic (exact) mass is 377 g/mol. The van der Waals surface area contributed by atoms with E-state index in [2.05, 4.69) is 5.43 Å². The van der Waals surface area contributed by atoms with Crippen molar-refractivity contribution in [2.75, 3.05) is 17.4 Å². The summed E-state index contributed by atoms with van der Waals surface area (Å²) in [7, 11) is 0. The van der Waals surface area contributed by atoms with Crippen molar-refractivity contribution >= 4 is 29.3 Å². The zero-order valence-corrected chi connectivity index (χ0v) is 15.9. The predicted octanol–water partition coefficient (Wildman–Crippen LogP) is 1.67. The number of hydrogen-bond donors (Lipinski definition) is 1. The van der Waals surface area contributed by atoms with E-state index in [4.69, 9.17) is 9.47 Å². The quantitative estimate of drug-likeness (QED) is 0.842. The molecular formula is C18H23N3O4S. The van der Waals surface area contributed by atoms with Gasteiger partial charge in [-0.25, -0.2) is 5.01 Å². The van der Waals surface area contributed by atoms with Crippen LogP contribution >= 0.6 is 11.8 Å². The van der Waals surface area contributed by atoms with Crippen molar-refractivity contribution in [3.05, 3.63) is 30.3 Å². The molecule has 140 valence electrons. The summed E-state index contributed by atoms with van der Waals surface area (Å²) in [6, 6.07) is 8.99. The van der Waals surface area contributed by atoms with E-state index < -0.39 is 30.2 Å². The highest BCUT2D eigenvalue weighted by Gasteiger charge is 2.66. The Hall–Kier alpha value is -1.77. The molecule has 4 atom stereocenters. The van der Waals surface area contributed by atoms with Gasteiger partial charge >= 0.3 is 0 Å². The number of nitrogens with zero attached hydrogens (tertiary/aromatic N) is 2. The van der Waals surface area contributed by atoms with E-state index in [1.54, 1.807) is 35.5 Å².